The molecule has 32 heavy (non-hydrogen) atoms. The molecule has 1 N–H and O–H groups in total. The summed E-state index contributed by atoms with van der Waals surface area (Å²) in [5, 5.41) is 3.24. The highest BCUT2D eigenvalue weighted by Crippen LogP contribution is 2.32. The maximum atomic E-state index is 13.5. The Bertz CT molecular complexity index is 1200. The fourth-order valence-electron chi connectivity index (χ4n) is 3.77. The summed E-state index contributed by atoms with van der Waals surface area (Å²) in [6.07, 6.45) is 3.32. The zero-order chi connectivity index (χ0) is 22.8. The van der Waals surface area contributed by atoms with Gasteiger partial charge in [-0.15, -0.1) is 0 Å². The van der Waals surface area contributed by atoms with Crippen molar-refractivity contribution in [3.8, 4) is 0 Å². The number of aryl methyl sites for hydroxylation is 2. The third-order valence-electron chi connectivity index (χ3n) is 5.90. The number of amides is 2. The van der Waals surface area contributed by atoms with Crippen LogP contribution in [0.2, 0.25) is 0 Å². The third kappa shape index (κ3) is 4.19. The first-order valence-corrected chi connectivity index (χ1v) is 10.8. The molecule has 0 unspecified atom stereocenters. The Labute approximate surface area is 188 Å². The number of carbonyl (C=O) groups excluding carboxylic acids is 2. The Balaban J connectivity index is 1.74. The molecule has 0 saturated heterocycles. The summed E-state index contributed by atoms with van der Waals surface area (Å²) < 4.78 is 0. The maximum Gasteiger partial charge on any atom is 0.278 e. The average Bonchev–Trinajstić information content (AvgIpc) is 3.01. The Hall–Kier alpha value is -3.73. The Morgan fingerprint density at radius 2 is 1.56 bits per heavy atom. The standard InChI is InChI=1S/C27H27N3O2/c1-17(2)21-7-9-23(10-8-21)29-25-24(22-6-5-18(3)19(4)15-22)26(31)30(27(25)32)16-20-11-13-28-14-12-20/h5-15,17,29H,16H2,1-4H3. The van der Waals surface area contributed by atoms with E-state index in [-0.39, 0.29) is 18.4 Å². The van der Waals surface area contributed by atoms with Crippen molar-refractivity contribution in [2.45, 2.75) is 40.2 Å². The lowest BCUT2D eigenvalue weighted by Gasteiger charge is -2.15. The van der Waals surface area contributed by atoms with Crippen LogP contribution >= 0.6 is 0 Å². The van der Waals surface area contributed by atoms with Crippen molar-refractivity contribution in [2.75, 3.05) is 5.32 Å². The molecule has 3 aromatic rings. The second kappa shape index (κ2) is 8.79. The van der Waals surface area contributed by atoms with Gasteiger partial charge in [0.25, 0.3) is 11.8 Å². The molecule has 0 aliphatic carbocycles. The molecule has 162 valence electrons. The SMILES string of the molecule is Cc1ccc(C2=C(Nc3ccc(C(C)C)cc3)C(=O)N(Cc3ccncc3)C2=O)cc1C. The molecule has 0 radical (unpaired) electrons. The van der Waals surface area contributed by atoms with Gasteiger partial charge in [0.1, 0.15) is 5.70 Å². The van der Waals surface area contributed by atoms with Crippen molar-refractivity contribution in [1.29, 1.82) is 0 Å². The molecule has 0 spiro atoms. The summed E-state index contributed by atoms with van der Waals surface area (Å²) in [4.78, 5) is 32.2. The molecule has 0 bridgehead atoms. The van der Waals surface area contributed by atoms with Gasteiger partial charge in [-0.2, -0.15) is 0 Å². The summed E-state index contributed by atoms with van der Waals surface area (Å²) >= 11 is 0. The van der Waals surface area contributed by atoms with Gasteiger partial charge in [0.05, 0.1) is 12.1 Å². The van der Waals surface area contributed by atoms with Gasteiger partial charge >= 0.3 is 0 Å². The van der Waals surface area contributed by atoms with Gasteiger partial charge in [0.15, 0.2) is 0 Å². The number of aromatic nitrogens is 1. The fourth-order valence-corrected chi connectivity index (χ4v) is 3.77. The van der Waals surface area contributed by atoms with Crippen LogP contribution in [-0.2, 0) is 16.1 Å². The zero-order valence-corrected chi connectivity index (χ0v) is 18.8. The highest BCUT2D eigenvalue weighted by molar-refractivity contribution is 6.36. The molecule has 4 rings (SSSR count). The highest BCUT2D eigenvalue weighted by Gasteiger charge is 2.39. The van der Waals surface area contributed by atoms with Crippen LogP contribution in [0, 0.1) is 13.8 Å². The van der Waals surface area contributed by atoms with Crippen molar-refractivity contribution in [1.82, 2.24) is 9.88 Å². The van der Waals surface area contributed by atoms with E-state index in [4.69, 9.17) is 0 Å². The number of nitrogens with zero attached hydrogens (tertiary/aromatic N) is 2. The number of benzene rings is 2. The van der Waals surface area contributed by atoms with E-state index in [2.05, 4.69) is 24.1 Å². The van der Waals surface area contributed by atoms with Crippen molar-refractivity contribution in [2.24, 2.45) is 0 Å². The number of hydrogen-bond donors (Lipinski definition) is 1. The van der Waals surface area contributed by atoms with Crippen LogP contribution in [0.3, 0.4) is 0 Å². The van der Waals surface area contributed by atoms with E-state index in [0.29, 0.717) is 17.2 Å². The number of carbonyl (C=O) groups is 2. The first-order valence-electron chi connectivity index (χ1n) is 10.8. The summed E-state index contributed by atoms with van der Waals surface area (Å²) in [6, 6.07) is 17.5. The Kier molecular flexibility index (Phi) is 5.91. The van der Waals surface area contributed by atoms with Crippen LogP contribution in [-0.4, -0.2) is 21.7 Å². The summed E-state index contributed by atoms with van der Waals surface area (Å²) in [5.41, 5.74) is 6.50. The topological polar surface area (TPSA) is 62.3 Å². The first kappa shape index (κ1) is 21.5. The molecule has 5 heteroatoms. The molecule has 0 fully saturated rings. The van der Waals surface area contributed by atoms with Gasteiger partial charge in [0, 0.05) is 18.1 Å². The van der Waals surface area contributed by atoms with Gasteiger partial charge < -0.3 is 5.32 Å². The molecular weight excluding hydrogens is 398 g/mol. The molecule has 5 nitrogen and oxygen atoms in total. The molecule has 1 aromatic heterocycles. The van der Waals surface area contributed by atoms with E-state index in [1.807, 2.05) is 68.4 Å². The number of rotatable bonds is 6. The summed E-state index contributed by atoms with van der Waals surface area (Å²) in [6.45, 7) is 8.51. The van der Waals surface area contributed by atoms with E-state index in [1.165, 1.54) is 10.5 Å². The number of anilines is 1. The molecular formula is C27H27N3O2. The Morgan fingerprint density at radius 3 is 2.19 bits per heavy atom. The predicted molar refractivity (Wildman–Crippen MR) is 127 cm³/mol. The van der Waals surface area contributed by atoms with Gasteiger partial charge in [0.2, 0.25) is 0 Å². The average molecular weight is 426 g/mol. The van der Waals surface area contributed by atoms with E-state index >= 15 is 0 Å². The van der Waals surface area contributed by atoms with Gasteiger partial charge in [-0.3, -0.25) is 19.5 Å². The summed E-state index contributed by atoms with van der Waals surface area (Å²) in [5.74, 6) is -0.204. The zero-order valence-electron chi connectivity index (χ0n) is 18.8. The monoisotopic (exact) mass is 425 g/mol. The van der Waals surface area contributed by atoms with Crippen LogP contribution in [0.15, 0.2) is 72.7 Å². The molecule has 0 atom stereocenters. The van der Waals surface area contributed by atoms with Crippen LogP contribution < -0.4 is 5.32 Å². The largest absolute Gasteiger partial charge is 0.350 e. The predicted octanol–water partition coefficient (Wildman–Crippen LogP) is 5.21. The van der Waals surface area contributed by atoms with E-state index in [9.17, 15) is 9.59 Å². The quantitative estimate of drug-likeness (QED) is 0.551. The molecule has 1 aliphatic rings. The Morgan fingerprint density at radius 1 is 0.875 bits per heavy atom. The van der Waals surface area contributed by atoms with Crippen LogP contribution in [0.4, 0.5) is 5.69 Å². The lowest BCUT2D eigenvalue weighted by molar-refractivity contribution is -0.137. The number of hydrogen-bond acceptors (Lipinski definition) is 4. The molecule has 0 saturated carbocycles. The van der Waals surface area contributed by atoms with Crippen LogP contribution in [0.5, 0.6) is 0 Å². The minimum Gasteiger partial charge on any atom is -0.350 e. The molecule has 1 aliphatic heterocycles. The highest BCUT2D eigenvalue weighted by atomic mass is 16.2. The molecule has 2 amide bonds. The number of nitrogens with one attached hydrogen (secondary N) is 1. The summed E-state index contributed by atoms with van der Waals surface area (Å²) in [7, 11) is 0. The number of pyridine rings is 1. The minimum atomic E-state index is -0.326. The van der Waals surface area contributed by atoms with Gasteiger partial charge in [-0.25, -0.2) is 0 Å². The second-order valence-corrected chi connectivity index (χ2v) is 8.50. The third-order valence-corrected chi connectivity index (χ3v) is 5.90. The van der Waals surface area contributed by atoms with Crippen LogP contribution in [0.25, 0.3) is 5.57 Å². The second-order valence-electron chi connectivity index (χ2n) is 8.50. The van der Waals surface area contributed by atoms with Crippen molar-refractivity contribution < 1.29 is 9.59 Å². The van der Waals surface area contributed by atoms with E-state index < -0.39 is 0 Å². The lowest BCUT2D eigenvalue weighted by Crippen LogP contribution is -2.32. The normalized spacial score (nSPS) is 14.0. The van der Waals surface area contributed by atoms with Gasteiger partial charge in [-0.1, -0.05) is 44.2 Å². The first-order chi connectivity index (χ1) is 15.3. The maximum absolute atomic E-state index is 13.5. The fraction of sp³-hybridized carbons (Fsp3) is 0.222. The lowest BCUT2D eigenvalue weighted by atomic mass is 9.99. The van der Waals surface area contributed by atoms with Crippen LogP contribution in [0.1, 0.15) is 47.6 Å². The number of imide groups is 1. The molecule has 2 aromatic carbocycles. The van der Waals surface area contributed by atoms with E-state index in [0.717, 1.165) is 27.9 Å². The smallest absolute Gasteiger partial charge is 0.278 e. The molecule has 2 heterocycles. The minimum absolute atomic E-state index is 0.200. The van der Waals surface area contributed by atoms with Crippen molar-refractivity contribution in [3.05, 3.63) is 101 Å². The van der Waals surface area contributed by atoms with Crippen molar-refractivity contribution >= 4 is 23.1 Å². The van der Waals surface area contributed by atoms with Crippen molar-refractivity contribution in [3.63, 3.8) is 0 Å². The van der Waals surface area contributed by atoms with Gasteiger partial charge in [-0.05, 0) is 71.8 Å². The van der Waals surface area contributed by atoms with E-state index in [1.54, 1.807) is 12.4 Å².